The van der Waals surface area contributed by atoms with Gasteiger partial charge in [0, 0.05) is 18.7 Å². The number of benzene rings is 2. The van der Waals surface area contributed by atoms with Crippen LogP contribution in [0.2, 0.25) is 0 Å². The van der Waals surface area contributed by atoms with Crippen molar-refractivity contribution in [3.63, 3.8) is 0 Å². The number of nitrogens with one attached hydrogen (secondary N) is 1. The van der Waals surface area contributed by atoms with Crippen molar-refractivity contribution >= 4 is 21.9 Å². The molecule has 2 unspecified atom stereocenters. The lowest BCUT2D eigenvalue weighted by atomic mass is 9.98. The van der Waals surface area contributed by atoms with E-state index in [2.05, 4.69) is 5.32 Å². The summed E-state index contributed by atoms with van der Waals surface area (Å²) in [4.78, 5) is 23.7. The number of hydrogen-bond donors (Lipinski definition) is 2. The number of ether oxygens (including phenoxy) is 1. The summed E-state index contributed by atoms with van der Waals surface area (Å²) in [6, 6.07) is 15.9. The Morgan fingerprint density at radius 2 is 1.66 bits per heavy atom. The van der Waals surface area contributed by atoms with Crippen molar-refractivity contribution in [2.75, 3.05) is 19.4 Å². The van der Waals surface area contributed by atoms with E-state index in [1.807, 2.05) is 48.5 Å². The Hall–Kier alpha value is -2.87. The number of amides is 1. The molecule has 2 N–H and O–H groups in total. The van der Waals surface area contributed by atoms with Gasteiger partial charge in [-0.05, 0) is 28.7 Å². The Balaban J connectivity index is 1.41. The number of carbonyl (C=O) groups is 2. The molecule has 29 heavy (non-hydrogen) atoms. The first kappa shape index (κ1) is 19.4. The number of carbonyl (C=O) groups excluding carboxylic acids is 1. The number of rotatable bonds is 6. The minimum Gasteiger partial charge on any atom is -0.481 e. The number of carboxylic acid groups (broad SMARTS) is 1. The van der Waals surface area contributed by atoms with E-state index in [4.69, 9.17) is 4.74 Å². The molecule has 0 aromatic heterocycles. The molecular formula is C21H21NO6S. The van der Waals surface area contributed by atoms with Crippen molar-refractivity contribution in [1.29, 1.82) is 0 Å². The summed E-state index contributed by atoms with van der Waals surface area (Å²) in [5.41, 5.74) is 2.89. The van der Waals surface area contributed by atoms with Crippen molar-refractivity contribution in [2.24, 2.45) is 5.41 Å². The van der Waals surface area contributed by atoms with Crippen molar-refractivity contribution in [1.82, 2.24) is 5.32 Å². The van der Waals surface area contributed by atoms with Gasteiger partial charge in [-0.25, -0.2) is 13.2 Å². The quantitative estimate of drug-likeness (QED) is 0.750. The molecule has 1 fully saturated rings. The first-order chi connectivity index (χ1) is 13.7. The molecule has 4 rings (SSSR count). The second kappa shape index (κ2) is 6.88. The molecule has 2 atom stereocenters. The molecule has 7 nitrogen and oxygen atoms in total. The van der Waals surface area contributed by atoms with Crippen molar-refractivity contribution in [2.45, 2.75) is 17.6 Å². The van der Waals surface area contributed by atoms with E-state index < -0.39 is 32.6 Å². The zero-order chi connectivity index (χ0) is 20.8. The van der Waals surface area contributed by atoms with Crippen LogP contribution in [0.3, 0.4) is 0 Å². The maximum Gasteiger partial charge on any atom is 0.407 e. The van der Waals surface area contributed by atoms with Gasteiger partial charge in [0.25, 0.3) is 0 Å². The molecule has 0 heterocycles. The number of alkyl carbamates (subject to hydrolysis) is 1. The highest BCUT2D eigenvalue weighted by Crippen LogP contribution is 2.50. The number of aliphatic carboxylic acids is 1. The Bertz CT molecular complexity index is 1050. The smallest absolute Gasteiger partial charge is 0.407 e. The van der Waals surface area contributed by atoms with Crippen LogP contribution in [0.5, 0.6) is 0 Å². The highest BCUT2D eigenvalue weighted by atomic mass is 32.2. The summed E-state index contributed by atoms with van der Waals surface area (Å²) in [5.74, 6) is -1.34. The van der Waals surface area contributed by atoms with E-state index in [1.54, 1.807) is 0 Å². The second-order valence-corrected chi connectivity index (χ2v) is 9.89. The monoisotopic (exact) mass is 415 g/mol. The molecule has 0 aliphatic heterocycles. The summed E-state index contributed by atoms with van der Waals surface area (Å²) in [7, 11) is -3.50. The summed E-state index contributed by atoms with van der Waals surface area (Å²) in [6.07, 6.45) is 0.243. The minimum absolute atomic E-state index is 0.00910. The zero-order valence-electron chi connectivity index (χ0n) is 15.8. The number of fused-ring (bicyclic) bond motifs is 3. The largest absolute Gasteiger partial charge is 0.481 e. The van der Waals surface area contributed by atoms with E-state index >= 15 is 0 Å². The molecule has 0 saturated heterocycles. The van der Waals surface area contributed by atoms with Gasteiger partial charge in [-0.1, -0.05) is 48.5 Å². The molecule has 1 amide bonds. The number of hydrogen-bond acceptors (Lipinski definition) is 5. The summed E-state index contributed by atoms with van der Waals surface area (Å²) >= 11 is 0. The first-order valence-electron chi connectivity index (χ1n) is 9.25. The summed E-state index contributed by atoms with van der Waals surface area (Å²) in [6.45, 7) is -0.174. The summed E-state index contributed by atoms with van der Waals surface area (Å²) in [5, 5.41) is 10.9. The fourth-order valence-corrected chi connectivity index (χ4v) is 5.80. The molecule has 2 aliphatic carbocycles. The van der Waals surface area contributed by atoms with Crippen LogP contribution < -0.4 is 5.32 Å². The van der Waals surface area contributed by atoms with Gasteiger partial charge in [0.1, 0.15) is 12.0 Å². The van der Waals surface area contributed by atoms with Gasteiger partial charge in [0.2, 0.25) is 0 Å². The highest BCUT2D eigenvalue weighted by Gasteiger charge is 2.65. The molecule has 0 bridgehead atoms. The lowest BCUT2D eigenvalue weighted by Crippen LogP contribution is -2.38. The average Bonchev–Trinajstić information content (AvgIpc) is 3.37. The van der Waals surface area contributed by atoms with Gasteiger partial charge in [0.15, 0.2) is 9.84 Å². The third-order valence-electron chi connectivity index (χ3n) is 5.84. The topological polar surface area (TPSA) is 110 Å². The molecule has 2 aromatic rings. The third-order valence-corrected chi connectivity index (χ3v) is 7.49. The lowest BCUT2D eigenvalue weighted by Gasteiger charge is -2.16. The first-order valence-corrected chi connectivity index (χ1v) is 11.2. The van der Waals surface area contributed by atoms with Crippen LogP contribution in [0.15, 0.2) is 48.5 Å². The van der Waals surface area contributed by atoms with Crippen molar-refractivity contribution < 1.29 is 27.9 Å². The highest BCUT2D eigenvalue weighted by molar-refractivity contribution is 7.91. The van der Waals surface area contributed by atoms with Crippen molar-refractivity contribution in [3.8, 4) is 11.1 Å². The van der Waals surface area contributed by atoms with Gasteiger partial charge in [-0.2, -0.15) is 0 Å². The third kappa shape index (κ3) is 3.37. The summed E-state index contributed by atoms with van der Waals surface area (Å²) < 4.78 is 28.7. The molecule has 0 spiro atoms. The average molecular weight is 415 g/mol. The van der Waals surface area contributed by atoms with E-state index in [9.17, 15) is 23.1 Å². The number of carboxylic acids is 1. The maximum absolute atomic E-state index is 12.2. The molecule has 8 heteroatoms. The Morgan fingerprint density at radius 1 is 1.10 bits per heavy atom. The van der Waals surface area contributed by atoms with Crippen LogP contribution >= 0.6 is 0 Å². The molecule has 1 saturated carbocycles. The van der Waals surface area contributed by atoms with E-state index in [1.165, 1.54) is 0 Å². The van der Waals surface area contributed by atoms with Crippen molar-refractivity contribution in [3.05, 3.63) is 59.7 Å². The second-order valence-electron chi connectivity index (χ2n) is 7.66. The number of sulfone groups is 1. The van der Waals surface area contributed by atoms with Crippen LogP contribution in [0.25, 0.3) is 11.1 Å². The molecule has 2 aliphatic rings. The van der Waals surface area contributed by atoms with Gasteiger partial charge < -0.3 is 15.2 Å². The molecular weight excluding hydrogens is 394 g/mol. The Labute approximate surface area is 168 Å². The van der Waals surface area contributed by atoms with Crippen LogP contribution in [-0.4, -0.2) is 50.2 Å². The minimum atomic E-state index is -3.50. The van der Waals surface area contributed by atoms with Crippen LogP contribution in [0, 0.1) is 5.41 Å². The van der Waals surface area contributed by atoms with Gasteiger partial charge in [-0.3, -0.25) is 4.79 Å². The van der Waals surface area contributed by atoms with Crippen LogP contribution in [-0.2, 0) is 19.4 Å². The molecule has 0 radical (unpaired) electrons. The van der Waals surface area contributed by atoms with Gasteiger partial charge >= 0.3 is 12.1 Å². The van der Waals surface area contributed by atoms with E-state index in [-0.39, 0.29) is 25.5 Å². The molecule has 152 valence electrons. The van der Waals surface area contributed by atoms with Crippen LogP contribution in [0.1, 0.15) is 23.5 Å². The predicted octanol–water partition coefficient (Wildman–Crippen LogP) is 2.41. The zero-order valence-corrected chi connectivity index (χ0v) is 16.6. The molecule has 2 aromatic carbocycles. The Morgan fingerprint density at radius 3 is 2.14 bits per heavy atom. The SMILES string of the molecule is CS(=O)(=O)C1CC1(CNC(=O)OCC1c2ccccc2-c2ccccc21)C(=O)O. The normalized spacial score (nSPS) is 22.4. The van der Waals surface area contributed by atoms with Gasteiger partial charge in [-0.15, -0.1) is 0 Å². The predicted molar refractivity (Wildman–Crippen MR) is 106 cm³/mol. The van der Waals surface area contributed by atoms with Crippen LogP contribution in [0.4, 0.5) is 4.79 Å². The fourth-order valence-electron chi connectivity index (χ4n) is 4.20. The van der Waals surface area contributed by atoms with E-state index in [0.29, 0.717) is 0 Å². The van der Waals surface area contributed by atoms with E-state index in [0.717, 1.165) is 28.5 Å². The standard InChI is InChI=1S/C21H21NO6S/c1-29(26,27)18-10-21(18,19(23)24)12-22-20(25)28-11-17-15-8-4-2-6-13(15)14-7-3-5-9-16(14)17/h2-9,17-18H,10-12H2,1H3,(H,22,25)(H,23,24). The fraction of sp³-hybridized carbons (Fsp3) is 0.333. The maximum atomic E-state index is 12.2. The van der Waals surface area contributed by atoms with Gasteiger partial charge in [0.05, 0.1) is 5.25 Å². The lowest BCUT2D eigenvalue weighted by molar-refractivity contribution is -0.143. The Kier molecular flexibility index (Phi) is 4.61.